The van der Waals surface area contributed by atoms with E-state index in [-0.39, 0.29) is 11.1 Å². The first-order chi connectivity index (χ1) is 12.1. The first kappa shape index (κ1) is 20.0. The molecule has 1 heterocycles. The SMILES string of the molecule is ClC(Cl)=CCOc1cc(Cl)c(OCCCOc2ccccn2)c(Cl)c1. The number of benzene rings is 1. The summed E-state index contributed by atoms with van der Waals surface area (Å²) in [6.07, 6.45) is 3.84. The zero-order valence-electron chi connectivity index (χ0n) is 13.1. The minimum atomic E-state index is 0.130. The van der Waals surface area contributed by atoms with Crippen LogP contribution in [0.15, 0.2) is 47.1 Å². The second kappa shape index (κ2) is 10.6. The minimum Gasteiger partial charge on any atom is -0.490 e. The number of rotatable bonds is 9. The maximum absolute atomic E-state index is 6.19. The molecule has 2 rings (SSSR count). The Morgan fingerprint density at radius 2 is 1.72 bits per heavy atom. The van der Waals surface area contributed by atoms with Crippen molar-refractivity contribution in [2.45, 2.75) is 6.42 Å². The summed E-state index contributed by atoms with van der Waals surface area (Å²) in [7, 11) is 0. The van der Waals surface area contributed by atoms with Crippen molar-refractivity contribution >= 4 is 46.4 Å². The minimum absolute atomic E-state index is 0.130. The van der Waals surface area contributed by atoms with Crippen LogP contribution >= 0.6 is 46.4 Å². The highest BCUT2D eigenvalue weighted by atomic mass is 35.5. The predicted octanol–water partition coefficient (Wildman–Crippen LogP) is 5.93. The topological polar surface area (TPSA) is 40.6 Å². The molecule has 0 saturated carbocycles. The van der Waals surface area contributed by atoms with Crippen molar-refractivity contribution in [1.82, 2.24) is 4.98 Å². The third kappa shape index (κ3) is 7.20. The molecule has 4 nitrogen and oxygen atoms in total. The summed E-state index contributed by atoms with van der Waals surface area (Å²) in [5.74, 6) is 1.47. The normalized spacial score (nSPS) is 10.2. The molecule has 0 aliphatic rings. The molecule has 0 aliphatic heterocycles. The highest BCUT2D eigenvalue weighted by molar-refractivity contribution is 6.55. The smallest absolute Gasteiger partial charge is 0.213 e. The van der Waals surface area contributed by atoms with Crippen molar-refractivity contribution in [2.24, 2.45) is 0 Å². The summed E-state index contributed by atoms with van der Waals surface area (Å²) < 4.78 is 16.7. The number of hydrogen-bond donors (Lipinski definition) is 0. The molecule has 0 unspecified atom stereocenters. The van der Waals surface area contributed by atoms with E-state index in [1.165, 1.54) is 6.08 Å². The molecular formula is C17H15Cl4NO3. The van der Waals surface area contributed by atoms with Crippen molar-refractivity contribution in [1.29, 1.82) is 0 Å². The van der Waals surface area contributed by atoms with Crippen LogP contribution in [0.4, 0.5) is 0 Å². The molecule has 0 saturated heterocycles. The molecule has 0 fully saturated rings. The Hall–Kier alpha value is -1.33. The molecule has 0 spiro atoms. The van der Waals surface area contributed by atoms with E-state index in [0.29, 0.717) is 47.1 Å². The summed E-state index contributed by atoms with van der Waals surface area (Å²) in [5, 5.41) is 0.711. The Bertz CT molecular complexity index is 683. The lowest BCUT2D eigenvalue weighted by Gasteiger charge is -2.12. The molecule has 1 aromatic heterocycles. The summed E-state index contributed by atoms with van der Waals surface area (Å²) in [4.78, 5) is 4.07. The van der Waals surface area contributed by atoms with Crippen LogP contribution in [0.3, 0.4) is 0 Å². The van der Waals surface area contributed by atoms with Gasteiger partial charge >= 0.3 is 0 Å². The van der Waals surface area contributed by atoms with Crippen molar-refractivity contribution in [3.05, 3.63) is 57.1 Å². The number of pyridine rings is 1. The Labute approximate surface area is 166 Å². The largest absolute Gasteiger partial charge is 0.490 e. The quantitative estimate of drug-likeness (QED) is 0.469. The number of halogens is 4. The van der Waals surface area contributed by atoms with Gasteiger partial charge in [0, 0.05) is 30.8 Å². The number of hydrogen-bond acceptors (Lipinski definition) is 4. The Kier molecular flexibility index (Phi) is 8.49. The molecule has 25 heavy (non-hydrogen) atoms. The number of aromatic nitrogens is 1. The van der Waals surface area contributed by atoms with Crippen LogP contribution in [0, 0.1) is 0 Å². The van der Waals surface area contributed by atoms with Crippen molar-refractivity contribution in [2.75, 3.05) is 19.8 Å². The van der Waals surface area contributed by atoms with Gasteiger partial charge < -0.3 is 14.2 Å². The fraction of sp³-hybridized carbons (Fsp3) is 0.235. The van der Waals surface area contributed by atoms with Crippen LogP contribution in [0.5, 0.6) is 17.4 Å². The van der Waals surface area contributed by atoms with Gasteiger partial charge in [-0.1, -0.05) is 52.5 Å². The molecule has 0 bridgehead atoms. The number of ether oxygens (including phenoxy) is 3. The van der Waals surface area contributed by atoms with Gasteiger partial charge in [-0.15, -0.1) is 0 Å². The average molecular weight is 423 g/mol. The van der Waals surface area contributed by atoms with Gasteiger partial charge in [0.15, 0.2) is 5.75 Å². The summed E-state index contributed by atoms with van der Waals surface area (Å²) in [6.45, 7) is 1.08. The van der Waals surface area contributed by atoms with Crippen LogP contribution in [0.1, 0.15) is 6.42 Å². The van der Waals surface area contributed by atoms with Crippen molar-refractivity contribution in [3.63, 3.8) is 0 Å². The summed E-state index contributed by atoms with van der Waals surface area (Å²) in [5.41, 5.74) is 0. The van der Waals surface area contributed by atoms with Gasteiger partial charge in [-0.3, -0.25) is 0 Å². The molecule has 0 atom stereocenters. The average Bonchev–Trinajstić information content (AvgIpc) is 2.57. The lowest BCUT2D eigenvalue weighted by Crippen LogP contribution is -2.06. The van der Waals surface area contributed by atoms with E-state index in [9.17, 15) is 0 Å². The highest BCUT2D eigenvalue weighted by Crippen LogP contribution is 2.37. The molecule has 0 amide bonds. The summed E-state index contributed by atoms with van der Waals surface area (Å²) >= 11 is 23.4. The van der Waals surface area contributed by atoms with Gasteiger partial charge in [-0.25, -0.2) is 4.98 Å². The lowest BCUT2D eigenvalue weighted by molar-refractivity contribution is 0.242. The van der Waals surface area contributed by atoms with Gasteiger partial charge in [0.1, 0.15) is 16.8 Å². The van der Waals surface area contributed by atoms with Crippen LogP contribution in [0.25, 0.3) is 0 Å². The van der Waals surface area contributed by atoms with E-state index >= 15 is 0 Å². The molecule has 2 aromatic rings. The van der Waals surface area contributed by atoms with Crippen LogP contribution in [-0.4, -0.2) is 24.8 Å². The van der Waals surface area contributed by atoms with E-state index in [1.807, 2.05) is 12.1 Å². The highest BCUT2D eigenvalue weighted by Gasteiger charge is 2.10. The predicted molar refractivity (Wildman–Crippen MR) is 102 cm³/mol. The molecular weight excluding hydrogens is 408 g/mol. The zero-order chi connectivity index (χ0) is 18.1. The van der Waals surface area contributed by atoms with E-state index in [1.54, 1.807) is 24.4 Å². The van der Waals surface area contributed by atoms with Gasteiger partial charge in [0.25, 0.3) is 0 Å². The summed E-state index contributed by atoms with van der Waals surface area (Å²) in [6, 6.07) is 8.71. The third-order valence-corrected chi connectivity index (χ3v) is 3.75. The molecule has 8 heteroatoms. The van der Waals surface area contributed by atoms with Gasteiger partial charge in [0.2, 0.25) is 5.88 Å². The zero-order valence-corrected chi connectivity index (χ0v) is 16.1. The van der Waals surface area contributed by atoms with Crippen molar-refractivity contribution < 1.29 is 14.2 Å². The van der Waals surface area contributed by atoms with E-state index in [0.717, 1.165) is 0 Å². The molecule has 134 valence electrons. The lowest BCUT2D eigenvalue weighted by atomic mass is 10.3. The van der Waals surface area contributed by atoms with Gasteiger partial charge in [-0.2, -0.15) is 0 Å². The van der Waals surface area contributed by atoms with Gasteiger partial charge in [0.05, 0.1) is 23.3 Å². The monoisotopic (exact) mass is 421 g/mol. The second-order valence-corrected chi connectivity index (χ2v) is 6.56. The van der Waals surface area contributed by atoms with Crippen LogP contribution in [0.2, 0.25) is 10.0 Å². The fourth-order valence-corrected chi connectivity index (χ4v) is 2.50. The Morgan fingerprint density at radius 3 is 2.36 bits per heavy atom. The van der Waals surface area contributed by atoms with E-state index in [4.69, 9.17) is 60.6 Å². The number of nitrogens with zero attached hydrogens (tertiary/aromatic N) is 1. The van der Waals surface area contributed by atoms with E-state index in [2.05, 4.69) is 4.98 Å². The van der Waals surface area contributed by atoms with Crippen LogP contribution in [-0.2, 0) is 0 Å². The van der Waals surface area contributed by atoms with Crippen LogP contribution < -0.4 is 14.2 Å². The first-order valence-electron chi connectivity index (χ1n) is 7.36. The molecule has 1 aromatic carbocycles. The van der Waals surface area contributed by atoms with Gasteiger partial charge in [-0.05, 0) is 12.1 Å². The van der Waals surface area contributed by atoms with Crippen molar-refractivity contribution in [3.8, 4) is 17.4 Å². The Morgan fingerprint density at radius 1 is 1.00 bits per heavy atom. The Balaban J connectivity index is 1.80. The standard InChI is InChI=1S/C17H15Cl4NO3/c18-13-10-12(23-9-5-15(20)21)11-14(19)17(13)25-8-3-7-24-16-4-1-2-6-22-16/h1-2,4-6,10-11H,3,7-9H2. The molecule has 0 N–H and O–H groups in total. The maximum atomic E-state index is 6.19. The van der Waals surface area contributed by atoms with E-state index < -0.39 is 0 Å². The fourth-order valence-electron chi connectivity index (χ4n) is 1.80. The second-order valence-electron chi connectivity index (χ2n) is 4.74. The molecule has 0 aliphatic carbocycles. The molecule has 0 radical (unpaired) electrons. The first-order valence-corrected chi connectivity index (χ1v) is 8.87. The third-order valence-electron chi connectivity index (χ3n) is 2.88. The maximum Gasteiger partial charge on any atom is 0.213 e.